The molecule has 0 unspecified atom stereocenters. The summed E-state index contributed by atoms with van der Waals surface area (Å²) in [6.07, 6.45) is 8.35. The Balaban J connectivity index is 1.72. The van der Waals surface area contributed by atoms with E-state index in [9.17, 15) is 26.3 Å². The average molecular weight is 601 g/mol. The highest BCUT2D eigenvalue weighted by Gasteiger charge is 2.26. The Kier molecular flexibility index (Phi) is 13.4. The summed E-state index contributed by atoms with van der Waals surface area (Å²) in [6, 6.07) is 8.71. The standard InChI is InChI=1S/C35H34F6O2/c1-3-5-7-8-9-11-21-43-35-33(40)31(38)28(32(39)34(35)41)19-18-27-29(36)22-25(23-30(27)37)13-12-24-14-16-26(17-15-24)42-20-10-6-4-2/h14-17,22-23H,3-11,20-21H2,1-2H3. The highest BCUT2D eigenvalue weighted by molar-refractivity contribution is 5.51. The SMILES string of the molecule is CCCCCCCCOc1c(F)c(F)c(C#Cc2c(F)cc(C#Cc3ccc(OCCCCC)cc3)cc2F)c(F)c1F. The number of hydrogen-bond donors (Lipinski definition) is 0. The van der Waals surface area contributed by atoms with Gasteiger partial charge in [-0.05, 0) is 49.2 Å². The summed E-state index contributed by atoms with van der Waals surface area (Å²) in [5.41, 5.74) is -1.57. The Morgan fingerprint density at radius 1 is 0.512 bits per heavy atom. The van der Waals surface area contributed by atoms with Gasteiger partial charge in [0.05, 0.1) is 18.8 Å². The summed E-state index contributed by atoms with van der Waals surface area (Å²) in [5, 5.41) is 0. The topological polar surface area (TPSA) is 18.5 Å². The predicted octanol–water partition coefficient (Wildman–Crippen LogP) is 9.63. The second-order valence-electron chi connectivity index (χ2n) is 9.97. The van der Waals surface area contributed by atoms with E-state index in [0.717, 1.165) is 63.5 Å². The normalized spacial score (nSPS) is 10.5. The van der Waals surface area contributed by atoms with Crippen molar-refractivity contribution < 1.29 is 35.8 Å². The first-order valence-corrected chi connectivity index (χ1v) is 14.5. The summed E-state index contributed by atoms with van der Waals surface area (Å²) in [5.74, 6) is -0.785. The number of rotatable bonds is 13. The maximum atomic E-state index is 14.7. The summed E-state index contributed by atoms with van der Waals surface area (Å²) in [6.45, 7) is 4.65. The largest absolute Gasteiger partial charge is 0.494 e. The van der Waals surface area contributed by atoms with Gasteiger partial charge in [0.15, 0.2) is 17.4 Å². The van der Waals surface area contributed by atoms with Crippen LogP contribution < -0.4 is 9.47 Å². The molecule has 0 aliphatic heterocycles. The van der Waals surface area contributed by atoms with Crippen molar-refractivity contribution in [2.24, 2.45) is 0 Å². The molecule has 8 heteroatoms. The Bertz CT molecular complexity index is 1440. The fraction of sp³-hybridized carbons (Fsp3) is 0.371. The van der Waals surface area contributed by atoms with E-state index in [2.05, 4.69) is 25.7 Å². The lowest BCUT2D eigenvalue weighted by Crippen LogP contribution is -2.08. The molecule has 0 saturated carbocycles. The third-order valence-electron chi connectivity index (χ3n) is 6.54. The average Bonchev–Trinajstić information content (AvgIpc) is 3.00. The van der Waals surface area contributed by atoms with E-state index in [4.69, 9.17) is 9.47 Å². The molecule has 43 heavy (non-hydrogen) atoms. The molecule has 0 amide bonds. The van der Waals surface area contributed by atoms with Crippen LogP contribution in [-0.4, -0.2) is 13.2 Å². The lowest BCUT2D eigenvalue weighted by molar-refractivity contribution is 0.263. The molecule has 0 heterocycles. The van der Waals surface area contributed by atoms with Gasteiger partial charge in [-0.15, -0.1) is 0 Å². The summed E-state index contributed by atoms with van der Waals surface area (Å²) < 4.78 is 98.1. The molecule has 0 bridgehead atoms. The van der Waals surface area contributed by atoms with Gasteiger partial charge in [-0.2, -0.15) is 8.78 Å². The number of ether oxygens (including phenoxy) is 2. The van der Waals surface area contributed by atoms with Gasteiger partial charge < -0.3 is 9.47 Å². The van der Waals surface area contributed by atoms with E-state index in [1.165, 1.54) is 0 Å². The second kappa shape index (κ2) is 17.2. The van der Waals surface area contributed by atoms with E-state index in [1.54, 1.807) is 24.3 Å². The minimum absolute atomic E-state index is 0.0123. The van der Waals surface area contributed by atoms with Crippen molar-refractivity contribution in [2.75, 3.05) is 13.2 Å². The Morgan fingerprint density at radius 2 is 1.00 bits per heavy atom. The van der Waals surface area contributed by atoms with Crippen molar-refractivity contribution in [3.8, 4) is 35.2 Å². The van der Waals surface area contributed by atoms with Gasteiger partial charge in [0.2, 0.25) is 11.6 Å². The van der Waals surface area contributed by atoms with Gasteiger partial charge in [-0.25, -0.2) is 17.6 Å². The molecule has 0 spiro atoms. The monoisotopic (exact) mass is 600 g/mol. The first-order valence-electron chi connectivity index (χ1n) is 14.5. The van der Waals surface area contributed by atoms with E-state index in [-0.39, 0.29) is 12.2 Å². The van der Waals surface area contributed by atoms with Crippen molar-refractivity contribution in [1.29, 1.82) is 0 Å². The van der Waals surface area contributed by atoms with Crippen LogP contribution in [0.2, 0.25) is 0 Å². The maximum Gasteiger partial charge on any atom is 0.205 e. The van der Waals surface area contributed by atoms with E-state index in [0.29, 0.717) is 24.3 Å². The predicted molar refractivity (Wildman–Crippen MR) is 155 cm³/mol. The maximum absolute atomic E-state index is 14.7. The van der Waals surface area contributed by atoms with Crippen molar-refractivity contribution in [1.82, 2.24) is 0 Å². The molecule has 0 atom stereocenters. The molecule has 0 aromatic heterocycles. The smallest absolute Gasteiger partial charge is 0.205 e. The molecule has 0 radical (unpaired) electrons. The van der Waals surface area contributed by atoms with Crippen molar-refractivity contribution in [2.45, 2.75) is 71.6 Å². The molecule has 2 nitrogen and oxygen atoms in total. The van der Waals surface area contributed by atoms with Gasteiger partial charge in [0.25, 0.3) is 0 Å². The molecule has 3 aromatic carbocycles. The van der Waals surface area contributed by atoms with Crippen LogP contribution >= 0.6 is 0 Å². The number of unbranched alkanes of at least 4 members (excludes halogenated alkanes) is 7. The molecule has 0 N–H and O–H groups in total. The molecular weight excluding hydrogens is 566 g/mol. The Morgan fingerprint density at radius 3 is 1.63 bits per heavy atom. The van der Waals surface area contributed by atoms with Gasteiger partial charge >= 0.3 is 0 Å². The number of hydrogen-bond acceptors (Lipinski definition) is 2. The first-order chi connectivity index (χ1) is 20.8. The molecule has 228 valence electrons. The molecule has 0 aliphatic carbocycles. The van der Waals surface area contributed by atoms with Gasteiger partial charge in [0.1, 0.15) is 22.9 Å². The highest BCUT2D eigenvalue weighted by Crippen LogP contribution is 2.30. The van der Waals surface area contributed by atoms with Crippen LogP contribution in [0.15, 0.2) is 36.4 Å². The van der Waals surface area contributed by atoms with Gasteiger partial charge in [-0.3, -0.25) is 0 Å². The van der Waals surface area contributed by atoms with Crippen LogP contribution in [-0.2, 0) is 0 Å². The van der Waals surface area contributed by atoms with Crippen LogP contribution in [0.5, 0.6) is 11.5 Å². The molecule has 3 rings (SSSR count). The lowest BCUT2D eigenvalue weighted by atomic mass is 10.1. The quantitative estimate of drug-likeness (QED) is 0.0842. The minimum Gasteiger partial charge on any atom is -0.494 e. The number of benzene rings is 3. The summed E-state index contributed by atoms with van der Waals surface area (Å²) >= 11 is 0. The minimum atomic E-state index is -1.81. The number of halogens is 6. The fourth-order valence-corrected chi connectivity index (χ4v) is 4.12. The molecule has 0 aliphatic rings. The van der Waals surface area contributed by atoms with Crippen LogP contribution in [0, 0.1) is 58.6 Å². The molecule has 0 saturated heterocycles. The van der Waals surface area contributed by atoms with Gasteiger partial charge in [-0.1, -0.05) is 82.5 Å². The van der Waals surface area contributed by atoms with Crippen molar-refractivity contribution in [3.63, 3.8) is 0 Å². The molecular formula is C35H34F6O2. The Labute approximate surface area is 249 Å². The van der Waals surface area contributed by atoms with E-state index in [1.807, 2.05) is 11.8 Å². The van der Waals surface area contributed by atoms with Crippen LogP contribution in [0.3, 0.4) is 0 Å². The Hall–Kier alpha value is -4.04. The zero-order valence-corrected chi connectivity index (χ0v) is 24.3. The third kappa shape index (κ3) is 9.75. The van der Waals surface area contributed by atoms with Crippen LogP contribution in [0.1, 0.15) is 93.9 Å². The van der Waals surface area contributed by atoms with Crippen LogP contribution in [0.4, 0.5) is 26.3 Å². The zero-order chi connectivity index (χ0) is 31.2. The van der Waals surface area contributed by atoms with Crippen molar-refractivity contribution >= 4 is 0 Å². The third-order valence-corrected chi connectivity index (χ3v) is 6.54. The van der Waals surface area contributed by atoms with E-state index < -0.39 is 51.8 Å². The van der Waals surface area contributed by atoms with Gasteiger partial charge in [0, 0.05) is 11.1 Å². The molecule has 3 aromatic rings. The first kappa shape index (κ1) is 33.5. The van der Waals surface area contributed by atoms with E-state index >= 15 is 0 Å². The lowest BCUT2D eigenvalue weighted by Gasteiger charge is -2.11. The molecule has 0 fully saturated rings. The summed E-state index contributed by atoms with van der Waals surface area (Å²) in [7, 11) is 0. The highest BCUT2D eigenvalue weighted by atomic mass is 19.2. The fourth-order valence-electron chi connectivity index (χ4n) is 4.12. The van der Waals surface area contributed by atoms with Crippen LogP contribution in [0.25, 0.3) is 0 Å². The second-order valence-corrected chi connectivity index (χ2v) is 9.97. The summed E-state index contributed by atoms with van der Waals surface area (Å²) in [4.78, 5) is 0. The van der Waals surface area contributed by atoms with Crippen molar-refractivity contribution in [3.05, 3.63) is 93.6 Å². The zero-order valence-electron chi connectivity index (χ0n) is 24.3.